The van der Waals surface area contributed by atoms with Crippen molar-refractivity contribution in [1.82, 2.24) is 0 Å². The fourth-order valence-electron chi connectivity index (χ4n) is 4.05. The van der Waals surface area contributed by atoms with Gasteiger partial charge in [0.05, 0.1) is 0 Å². The maximum absolute atomic E-state index is 13.3. The Labute approximate surface area is 194 Å². The minimum absolute atomic E-state index is 0.0681. The number of allylic oxidation sites excluding steroid dienone is 2. The molecule has 0 aliphatic heterocycles. The molecule has 1 unspecified atom stereocenters. The lowest BCUT2D eigenvalue weighted by Gasteiger charge is -2.34. The number of ketones is 1. The lowest BCUT2D eigenvalue weighted by Crippen LogP contribution is -2.37. The Kier molecular flexibility index (Phi) is 7.28. The number of benzene rings is 2. The molecule has 1 atom stereocenters. The van der Waals surface area contributed by atoms with E-state index in [2.05, 4.69) is 119 Å². The van der Waals surface area contributed by atoms with Crippen LogP contribution in [-0.2, 0) is 4.79 Å². The van der Waals surface area contributed by atoms with Crippen LogP contribution < -0.4 is 9.80 Å². The fourth-order valence-corrected chi connectivity index (χ4v) is 4.05. The first-order chi connectivity index (χ1) is 15.1. The number of rotatable bonds is 5. The van der Waals surface area contributed by atoms with Gasteiger partial charge in [-0.15, -0.1) is 0 Å². The minimum Gasteiger partial charge on any atom is -0.375 e. The summed E-state index contributed by atoms with van der Waals surface area (Å²) in [5.41, 5.74) is 6.44. The largest absolute Gasteiger partial charge is 0.375 e. The molecule has 1 aliphatic carbocycles. The van der Waals surface area contributed by atoms with Crippen molar-refractivity contribution in [2.24, 2.45) is 5.92 Å². The van der Waals surface area contributed by atoms with Crippen LogP contribution in [-0.4, -0.2) is 32.0 Å². The average molecular weight is 431 g/mol. The van der Waals surface area contributed by atoms with Crippen molar-refractivity contribution in [2.45, 2.75) is 53.0 Å². The smallest absolute Gasteiger partial charge is 0.185 e. The van der Waals surface area contributed by atoms with Gasteiger partial charge in [0.2, 0.25) is 0 Å². The van der Waals surface area contributed by atoms with E-state index < -0.39 is 0 Å². The van der Waals surface area contributed by atoms with Crippen LogP contribution in [0.1, 0.15) is 58.6 Å². The second-order valence-electron chi connectivity index (χ2n) is 10.1. The Morgan fingerprint density at radius 1 is 0.844 bits per heavy atom. The molecule has 0 heterocycles. The molecule has 2 aromatic rings. The highest BCUT2D eigenvalue weighted by Gasteiger charge is 2.25. The van der Waals surface area contributed by atoms with Crippen LogP contribution in [0.5, 0.6) is 0 Å². The summed E-state index contributed by atoms with van der Waals surface area (Å²) >= 11 is 0. The van der Waals surface area contributed by atoms with Gasteiger partial charge >= 0.3 is 0 Å². The number of carbonyl (C=O) groups excluding carboxylic acids is 1. The minimum atomic E-state index is 0.0681. The Morgan fingerprint density at radius 2 is 1.28 bits per heavy atom. The van der Waals surface area contributed by atoms with Crippen LogP contribution in [0.2, 0.25) is 0 Å². The van der Waals surface area contributed by atoms with Gasteiger partial charge in [0.1, 0.15) is 0 Å². The summed E-state index contributed by atoms with van der Waals surface area (Å²) in [6.45, 7) is 12.0. The summed E-state index contributed by atoms with van der Waals surface area (Å²) in [6, 6.07) is 17.0. The van der Waals surface area contributed by atoms with Crippen molar-refractivity contribution < 1.29 is 4.79 Å². The third kappa shape index (κ3) is 5.70. The number of carbonyl (C=O) groups is 1. The van der Waals surface area contributed by atoms with Crippen LogP contribution in [0.15, 0.2) is 59.7 Å². The topological polar surface area (TPSA) is 23.6 Å². The predicted molar refractivity (Wildman–Crippen MR) is 139 cm³/mol. The molecular weight excluding hydrogens is 392 g/mol. The fraction of sp³-hybridized carbons (Fsp3) is 0.414. The molecule has 3 nitrogen and oxygen atoms in total. The van der Waals surface area contributed by atoms with Crippen molar-refractivity contribution in [3.05, 3.63) is 70.8 Å². The van der Waals surface area contributed by atoms with E-state index in [1.165, 1.54) is 11.4 Å². The molecule has 3 rings (SSSR count). The zero-order chi connectivity index (χ0) is 23.5. The van der Waals surface area contributed by atoms with Gasteiger partial charge in [-0.25, -0.2) is 0 Å². The summed E-state index contributed by atoms with van der Waals surface area (Å²) in [5, 5.41) is 0. The maximum Gasteiger partial charge on any atom is 0.185 e. The van der Waals surface area contributed by atoms with Gasteiger partial charge in [0.25, 0.3) is 0 Å². The predicted octanol–water partition coefficient (Wildman–Crippen LogP) is 6.84. The van der Waals surface area contributed by atoms with Crippen molar-refractivity contribution >= 4 is 29.3 Å². The van der Waals surface area contributed by atoms with Crippen LogP contribution in [0, 0.1) is 5.92 Å². The third-order valence-corrected chi connectivity index (χ3v) is 6.50. The summed E-state index contributed by atoms with van der Waals surface area (Å²) < 4.78 is 0. The number of nitrogens with zero attached hydrogens (tertiary/aromatic N) is 2. The van der Waals surface area contributed by atoms with Crippen molar-refractivity contribution in [1.29, 1.82) is 0 Å². The number of Topliss-reactive ketones (excluding diaryl/α,β-unsaturated/α-hetero) is 1. The number of anilines is 2. The molecule has 1 saturated carbocycles. The summed E-state index contributed by atoms with van der Waals surface area (Å²) in [7, 11) is 4.20. The highest BCUT2D eigenvalue weighted by atomic mass is 16.1. The van der Waals surface area contributed by atoms with E-state index in [9.17, 15) is 4.79 Å². The van der Waals surface area contributed by atoms with Gasteiger partial charge < -0.3 is 9.80 Å². The van der Waals surface area contributed by atoms with Gasteiger partial charge in [-0.05, 0) is 94.0 Å². The highest BCUT2D eigenvalue weighted by Crippen LogP contribution is 2.32. The summed E-state index contributed by atoms with van der Waals surface area (Å²) in [6.07, 6.45) is 5.82. The molecule has 0 spiro atoms. The Bertz CT molecular complexity index is 991. The van der Waals surface area contributed by atoms with E-state index in [4.69, 9.17) is 0 Å². The van der Waals surface area contributed by atoms with Gasteiger partial charge in [-0.2, -0.15) is 0 Å². The maximum atomic E-state index is 13.3. The van der Waals surface area contributed by atoms with Gasteiger partial charge in [-0.1, -0.05) is 31.2 Å². The molecule has 0 radical (unpaired) electrons. The SMILES string of the molecule is CCN(C)c1ccc(/C=C2\CC(C)C/C(=C\c3ccc(N(C)C(C)(C)C)cc3)C2=O)cc1. The molecule has 0 amide bonds. The van der Waals surface area contributed by atoms with E-state index >= 15 is 0 Å². The number of hydrogen-bond acceptors (Lipinski definition) is 3. The average Bonchev–Trinajstić information content (AvgIpc) is 2.76. The molecule has 32 heavy (non-hydrogen) atoms. The summed E-state index contributed by atoms with van der Waals surface area (Å²) in [5.74, 6) is 0.649. The third-order valence-electron chi connectivity index (χ3n) is 6.50. The van der Waals surface area contributed by atoms with Crippen molar-refractivity contribution in [3.8, 4) is 0 Å². The molecule has 1 aliphatic rings. The lowest BCUT2D eigenvalue weighted by molar-refractivity contribution is -0.113. The molecule has 1 fully saturated rings. The van der Waals surface area contributed by atoms with Crippen LogP contribution in [0.3, 0.4) is 0 Å². The highest BCUT2D eigenvalue weighted by molar-refractivity contribution is 6.14. The van der Waals surface area contributed by atoms with Crippen molar-refractivity contribution in [3.63, 3.8) is 0 Å². The molecule has 0 bridgehead atoms. The van der Waals surface area contributed by atoms with Crippen LogP contribution in [0.25, 0.3) is 12.2 Å². The molecule has 2 aromatic carbocycles. The normalized spacial score (nSPS) is 19.5. The van der Waals surface area contributed by atoms with E-state index in [1.807, 2.05) is 0 Å². The van der Waals surface area contributed by atoms with E-state index in [0.29, 0.717) is 5.92 Å². The standard InChI is InChI=1S/C29H38N2O/c1-8-30(6)26-13-9-22(10-14-26)19-24-17-21(2)18-25(28(24)32)20-23-11-15-27(16-12-23)31(7)29(3,4)5/h9-16,19-21H,8,17-18H2,1-7H3/b24-19+,25-20+. The van der Waals surface area contributed by atoms with Crippen LogP contribution >= 0.6 is 0 Å². The van der Waals surface area contributed by atoms with Gasteiger partial charge in [0, 0.05) is 48.7 Å². The van der Waals surface area contributed by atoms with Gasteiger partial charge in [0.15, 0.2) is 5.78 Å². The van der Waals surface area contributed by atoms with Gasteiger partial charge in [-0.3, -0.25) is 4.79 Å². The Hall–Kier alpha value is -2.81. The monoisotopic (exact) mass is 430 g/mol. The number of hydrogen-bond donors (Lipinski definition) is 0. The molecular formula is C29H38N2O. The Balaban J connectivity index is 1.82. The molecule has 0 saturated heterocycles. The first kappa shape index (κ1) is 23.8. The van der Waals surface area contributed by atoms with E-state index in [-0.39, 0.29) is 11.3 Å². The molecule has 0 aromatic heterocycles. The lowest BCUT2D eigenvalue weighted by atomic mass is 9.81. The molecule has 0 N–H and O–H groups in total. The molecule has 170 valence electrons. The van der Waals surface area contributed by atoms with Crippen molar-refractivity contribution in [2.75, 3.05) is 30.4 Å². The zero-order valence-corrected chi connectivity index (χ0v) is 20.8. The van der Waals surface area contributed by atoms with E-state index in [1.54, 1.807) is 0 Å². The molecule has 3 heteroatoms. The second-order valence-corrected chi connectivity index (χ2v) is 10.1. The second kappa shape index (κ2) is 9.77. The quantitative estimate of drug-likeness (QED) is 0.485. The first-order valence-corrected chi connectivity index (χ1v) is 11.7. The zero-order valence-electron chi connectivity index (χ0n) is 20.8. The van der Waals surface area contributed by atoms with Crippen LogP contribution in [0.4, 0.5) is 11.4 Å². The summed E-state index contributed by atoms with van der Waals surface area (Å²) in [4.78, 5) is 17.7. The van der Waals surface area contributed by atoms with E-state index in [0.717, 1.165) is 41.7 Å². The first-order valence-electron chi connectivity index (χ1n) is 11.7. The Morgan fingerprint density at radius 3 is 1.69 bits per heavy atom.